The van der Waals surface area contributed by atoms with Crippen molar-refractivity contribution in [3.8, 4) is 22.3 Å². The van der Waals surface area contributed by atoms with Crippen LogP contribution in [0.5, 0.6) is 0 Å². The van der Waals surface area contributed by atoms with Crippen LogP contribution >= 0.6 is 0 Å². The minimum atomic E-state index is -0.346. The zero-order valence-corrected chi connectivity index (χ0v) is 39.2. The third-order valence-electron chi connectivity index (χ3n) is 18.9. The molecule has 18 rings (SSSR count). The molecule has 0 bridgehead atoms. The fourth-order valence-electron chi connectivity index (χ4n) is 16.1. The van der Waals surface area contributed by atoms with Crippen molar-refractivity contribution in [1.29, 1.82) is 0 Å². The zero-order valence-electron chi connectivity index (χ0n) is 39.2. The van der Waals surface area contributed by atoms with Crippen molar-refractivity contribution in [3.05, 3.63) is 234 Å². The largest absolute Gasteiger partial charge is 0.292 e. The van der Waals surface area contributed by atoms with Crippen molar-refractivity contribution in [3.63, 3.8) is 0 Å². The lowest BCUT2D eigenvalue weighted by Gasteiger charge is -2.44. The van der Waals surface area contributed by atoms with E-state index in [4.69, 9.17) is 10.2 Å². The number of Topliss-reactive ketones (excluding diaryl/α,β-unsaturated/α-hetero) is 2. The minimum absolute atomic E-state index is 0.00993. The van der Waals surface area contributed by atoms with Gasteiger partial charge in [-0.3, -0.25) is 9.59 Å². The second-order valence-corrected chi connectivity index (χ2v) is 22.0. The van der Waals surface area contributed by atoms with Gasteiger partial charge in [-0.2, -0.15) is 0 Å². The summed E-state index contributed by atoms with van der Waals surface area (Å²) in [6, 6.07) is 36.5. The first-order valence-corrected chi connectivity index (χ1v) is 25.9. The molecule has 4 heteroatoms. The van der Waals surface area contributed by atoms with Gasteiger partial charge in [0.25, 0.3) is 0 Å². The molecule has 0 spiro atoms. The molecule has 0 aromatic heterocycles. The van der Waals surface area contributed by atoms with Gasteiger partial charge >= 0.3 is 0 Å². The van der Waals surface area contributed by atoms with E-state index < -0.39 is 0 Å². The van der Waals surface area contributed by atoms with E-state index in [0.29, 0.717) is 11.4 Å². The first-order valence-electron chi connectivity index (χ1n) is 25.9. The van der Waals surface area contributed by atoms with Crippen LogP contribution in [-0.4, -0.2) is 11.6 Å². The van der Waals surface area contributed by atoms with E-state index in [0.717, 1.165) is 36.8 Å². The van der Waals surface area contributed by atoms with E-state index in [1.165, 1.54) is 131 Å². The summed E-state index contributed by atoms with van der Waals surface area (Å²) in [7, 11) is 0. The molecule has 336 valence electrons. The van der Waals surface area contributed by atoms with Gasteiger partial charge in [0.15, 0.2) is 11.6 Å². The fourth-order valence-corrected chi connectivity index (χ4v) is 16.1. The molecule has 10 aliphatic carbocycles. The summed E-state index contributed by atoms with van der Waals surface area (Å²) in [6.45, 7) is 0. The highest BCUT2D eigenvalue weighted by atomic mass is 16.1. The van der Waals surface area contributed by atoms with Gasteiger partial charge in [0.2, 0.25) is 0 Å². The minimum Gasteiger partial charge on any atom is -0.292 e. The summed E-state index contributed by atoms with van der Waals surface area (Å²) in [4.78, 5) is 29.8. The van der Waals surface area contributed by atoms with Gasteiger partial charge in [-0.25, -0.2) is 0 Å². The number of hydrogen-bond donors (Lipinski definition) is 0. The Morgan fingerprint density at radius 2 is 0.792 bits per heavy atom. The van der Waals surface area contributed by atoms with Gasteiger partial charge in [-0.15, -0.1) is 10.2 Å². The van der Waals surface area contributed by atoms with E-state index in [-0.39, 0.29) is 47.1 Å². The van der Waals surface area contributed by atoms with Gasteiger partial charge in [0.05, 0.1) is 11.8 Å². The van der Waals surface area contributed by atoms with Gasteiger partial charge < -0.3 is 0 Å². The van der Waals surface area contributed by atoms with Crippen LogP contribution in [0.1, 0.15) is 69.2 Å². The van der Waals surface area contributed by atoms with Crippen molar-refractivity contribution in [2.45, 2.75) is 37.5 Å². The highest BCUT2D eigenvalue weighted by molar-refractivity contribution is 6.22. The number of rotatable bonds is 2. The lowest BCUT2D eigenvalue weighted by molar-refractivity contribution is -0.120. The number of hydrogen-bond acceptors (Lipinski definition) is 4. The molecule has 10 aliphatic rings. The molecule has 0 saturated heterocycles. The van der Waals surface area contributed by atoms with Crippen LogP contribution in [0, 0.1) is 23.7 Å². The average molecular weight is 919 g/mol. The molecule has 0 amide bonds. The molecule has 6 atom stereocenters. The van der Waals surface area contributed by atoms with Crippen molar-refractivity contribution in [2.24, 2.45) is 33.9 Å². The second kappa shape index (κ2) is 13.3. The molecule has 72 heavy (non-hydrogen) atoms. The van der Waals surface area contributed by atoms with Gasteiger partial charge in [0, 0.05) is 23.7 Å². The van der Waals surface area contributed by atoms with Crippen molar-refractivity contribution < 1.29 is 9.59 Å². The first-order chi connectivity index (χ1) is 35.5. The van der Waals surface area contributed by atoms with Crippen LogP contribution < -0.4 is 10.4 Å². The lowest BCUT2D eigenvalue weighted by Crippen LogP contribution is -2.40. The number of carbonyl (C=O) groups excluding carboxylic acids is 2. The van der Waals surface area contributed by atoms with Gasteiger partial charge in [-0.05, 0) is 158 Å². The molecule has 2 fully saturated rings. The van der Waals surface area contributed by atoms with Crippen molar-refractivity contribution in [2.75, 3.05) is 0 Å². The normalized spacial score (nSPS) is 24.8. The van der Waals surface area contributed by atoms with Crippen LogP contribution in [0.2, 0.25) is 0 Å². The van der Waals surface area contributed by atoms with Crippen LogP contribution in [-0.2, 0) is 22.4 Å². The average Bonchev–Trinajstić information content (AvgIpc) is 3.42. The highest BCUT2D eigenvalue weighted by Crippen LogP contribution is 2.57. The lowest BCUT2D eigenvalue weighted by atomic mass is 9.58. The Hall–Kier alpha value is -8.34. The van der Waals surface area contributed by atoms with E-state index in [2.05, 4.69) is 158 Å². The molecule has 6 unspecified atom stereocenters. The fraction of sp³-hybridized carbons (Fsp3) is 0.147. The number of ketones is 2. The standard InChI is InChI=1S/C68H42N2O2/c71-67-55(27-13-39-31-37-11-17-47-45-15-9-35-29-33-5-1-3-7-41(33)43-19-21-49(63(45)57(35)43)51-23-25-53(61(39)67)59(37)65(47)51)69-70-56-28-14-40-32-38-12-18-48-46-16-10-36-30-34-6-2-4-8-42(34)44-20-22-50(64(46)58(36)44)52-24-26-54(60(38)66(48)52)62(40)68(56)72/h1-28,53-54,59-62H,29-32H2. The van der Waals surface area contributed by atoms with Crippen LogP contribution in [0.25, 0.3) is 89.6 Å². The third-order valence-corrected chi connectivity index (χ3v) is 18.9. The number of carbonyl (C=O) groups is 2. The summed E-state index contributed by atoms with van der Waals surface area (Å²) < 4.78 is 0. The Morgan fingerprint density at radius 1 is 0.361 bits per heavy atom. The van der Waals surface area contributed by atoms with Gasteiger partial charge in [-0.1, -0.05) is 180 Å². The Balaban J connectivity index is 0.677. The van der Waals surface area contributed by atoms with E-state index in [1.807, 2.05) is 12.2 Å². The molecule has 8 aromatic carbocycles. The quantitative estimate of drug-likeness (QED) is 0.162. The van der Waals surface area contributed by atoms with Crippen molar-refractivity contribution >= 4 is 79.0 Å². The number of nitrogens with zero attached hydrogens (tertiary/aromatic N) is 2. The molecule has 4 nitrogen and oxygen atoms in total. The summed E-state index contributed by atoms with van der Waals surface area (Å²) in [5.74, 6) is -0.603. The Labute approximate surface area is 414 Å². The molecule has 0 N–H and O–H groups in total. The molecular weight excluding hydrogens is 877 g/mol. The monoisotopic (exact) mass is 918 g/mol. The topological polar surface area (TPSA) is 58.9 Å². The zero-order chi connectivity index (χ0) is 46.8. The maximum atomic E-state index is 14.9. The number of azo groups is 1. The molecule has 0 heterocycles. The van der Waals surface area contributed by atoms with E-state index >= 15 is 0 Å². The summed E-state index contributed by atoms with van der Waals surface area (Å²) in [5, 5.41) is 22.6. The Bertz CT molecular complexity index is 4230. The number of allylic oxidation sites excluding steroid dienone is 14. The Kier molecular flexibility index (Phi) is 7.12. The number of benzene rings is 8. The Morgan fingerprint density at radius 3 is 1.28 bits per heavy atom. The second-order valence-electron chi connectivity index (χ2n) is 22.0. The molecule has 0 radical (unpaired) electrons. The summed E-state index contributed by atoms with van der Waals surface area (Å²) >= 11 is 0. The summed E-state index contributed by atoms with van der Waals surface area (Å²) in [5.41, 5.74) is 21.8. The molecule has 8 aromatic rings. The third kappa shape index (κ3) is 4.66. The van der Waals surface area contributed by atoms with E-state index in [9.17, 15) is 9.59 Å². The maximum absolute atomic E-state index is 14.9. The smallest absolute Gasteiger partial charge is 0.190 e. The predicted molar refractivity (Wildman–Crippen MR) is 289 cm³/mol. The highest BCUT2D eigenvalue weighted by Gasteiger charge is 2.49. The summed E-state index contributed by atoms with van der Waals surface area (Å²) in [6.07, 6.45) is 29.9. The van der Waals surface area contributed by atoms with Gasteiger partial charge in [0.1, 0.15) is 11.4 Å². The predicted octanol–water partition coefficient (Wildman–Crippen LogP) is 13.8. The van der Waals surface area contributed by atoms with Crippen molar-refractivity contribution in [1.82, 2.24) is 0 Å². The SMILES string of the molecule is O=C1C(N=NC2=CC=C3CC4=CC=c5c6c(c7ccc8c9c(ccc5c79)Cc5ccccc5-8)C=CC(C3C2=O)C46)=CC=C2CC3=CC=c4c5c(c6ccc7c8c(ccc4c68)Cc4ccccc4-7)C=CC(C12)C35. The molecule has 0 aliphatic heterocycles. The van der Waals surface area contributed by atoms with Crippen LogP contribution in [0.4, 0.5) is 0 Å². The van der Waals surface area contributed by atoms with E-state index in [1.54, 1.807) is 0 Å². The van der Waals surface area contributed by atoms with Crippen LogP contribution in [0.15, 0.2) is 190 Å². The molecule has 2 saturated carbocycles. The first kappa shape index (κ1) is 38.4. The number of fused-ring (bicyclic) bond motifs is 12. The molecular formula is C68H42N2O2. The van der Waals surface area contributed by atoms with Crippen LogP contribution in [0.3, 0.4) is 0 Å². The maximum Gasteiger partial charge on any atom is 0.190 e.